The zero-order valence-corrected chi connectivity index (χ0v) is 25.5. The van der Waals surface area contributed by atoms with Crippen molar-refractivity contribution >= 4 is 28.8 Å². The van der Waals surface area contributed by atoms with Crippen LogP contribution in [0.2, 0.25) is 0 Å². The Labute approximate surface area is 256 Å². The highest BCUT2D eigenvalue weighted by atomic mass is 35.5. The fourth-order valence-electron chi connectivity index (χ4n) is 4.01. The van der Waals surface area contributed by atoms with Crippen molar-refractivity contribution in [2.75, 3.05) is 39.5 Å². The highest BCUT2D eigenvalue weighted by Gasteiger charge is 2.34. The SMILES string of the molecule is CC(O)=[SH]Cc1ccc(OCCCCCCN(C[C@H](O)[C@@H](O)[C@H](O)[C@H](O)CO)C[C@H](O)[C@@H](O)[C@H](O)[C@H](O)CO)cc1.Cl. The summed E-state index contributed by atoms with van der Waals surface area (Å²) in [5, 5.41) is 108. The maximum absolute atomic E-state index is 10.4. The third kappa shape index (κ3) is 15.7. The molecular formula is C27H50ClNO12S. The van der Waals surface area contributed by atoms with Gasteiger partial charge in [-0.05, 0) is 44.0 Å². The molecule has 0 aliphatic heterocycles. The van der Waals surface area contributed by atoms with E-state index >= 15 is 0 Å². The van der Waals surface area contributed by atoms with Crippen molar-refractivity contribution in [3.8, 4) is 5.75 Å². The van der Waals surface area contributed by atoms with Crippen LogP contribution in [-0.4, -0.2) is 154 Å². The first-order chi connectivity index (χ1) is 19.4. The number of nitrogens with zero attached hydrogens (tertiary/aromatic N) is 1. The quantitative estimate of drug-likeness (QED) is 0.0367. The van der Waals surface area contributed by atoms with E-state index in [2.05, 4.69) is 0 Å². The van der Waals surface area contributed by atoms with Crippen LogP contribution in [0.3, 0.4) is 0 Å². The van der Waals surface area contributed by atoms with Crippen molar-refractivity contribution in [2.24, 2.45) is 0 Å². The zero-order chi connectivity index (χ0) is 30.9. The molecule has 15 heteroatoms. The predicted molar refractivity (Wildman–Crippen MR) is 162 cm³/mol. The minimum absolute atomic E-state index is 0. The molecule has 0 amide bonds. The number of thiol groups is 1. The van der Waals surface area contributed by atoms with Gasteiger partial charge in [0, 0.05) is 18.8 Å². The van der Waals surface area contributed by atoms with Crippen molar-refractivity contribution in [3.63, 3.8) is 0 Å². The number of benzene rings is 1. The second-order valence-electron chi connectivity index (χ2n) is 10.1. The Morgan fingerprint density at radius 3 is 1.62 bits per heavy atom. The molecule has 0 aliphatic carbocycles. The van der Waals surface area contributed by atoms with Gasteiger partial charge in [0.05, 0.1) is 37.1 Å². The maximum Gasteiger partial charge on any atom is 0.119 e. The smallest absolute Gasteiger partial charge is 0.119 e. The van der Waals surface area contributed by atoms with Gasteiger partial charge in [0.15, 0.2) is 0 Å². The fraction of sp³-hybridized carbons (Fsp3) is 0.741. The van der Waals surface area contributed by atoms with E-state index in [1.54, 1.807) is 6.92 Å². The van der Waals surface area contributed by atoms with Crippen LogP contribution < -0.4 is 4.74 Å². The number of halogens is 1. The lowest BCUT2D eigenvalue weighted by Gasteiger charge is -2.33. The van der Waals surface area contributed by atoms with E-state index < -0.39 is 62.0 Å². The molecule has 0 saturated carbocycles. The number of hydrogen-bond donors (Lipinski definition) is 12. The minimum Gasteiger partial charge on any atom is -0.494 e. The Bertz CT molecular complexity index is 821. The number of aliphatic hydroxyl groups excluding tert-OH is 11. The molecule has 8 atom stereocenters. The summed E-state index contributed by atoms with van der Waals surface area (Å²) in [5.41, 5.74) is 1.09. The van der Waals surface area contributed by atoms with Crippen molar-refractivity contribution in [3.05, 3.63) is 29.8 Å². The van der Waals surface area contributed by atoms with Gasteiger partial charge < -0.3 is 60.9 Å². The molecule has 42 heavy (non-hydrogen) atoms. The number of unbranched alkanes of at least 4 members (excludes halogenated alkanes) is 3. The second kappa shape index (κ2) is 22.5. The van der Waals surface area contributed by atoms with E-state index in [1.165, 1.54) is 4.90 Å². The van der Waals surface area contributed by atoms with Gasteiger partial charge in [-0.2, -0.15) is 11.4 Å². The lowest BCUT2D eigenvalue weighted by molar-refractivity contribution is -0.130. The van der Waals surface area contributed by atoms with Crippen LogP contribution in [0, 0.1) is 0 Å². The van der Waals surface area contributed by atoms with Gasteiger partial charge in [-0.15, -0.1) is 12.4 Å². The van der Waals surface area contributed by atoms with Gasteiger partial charge in [-0.3, -0.25) is 4.90 Å². The minimum atomic E-state index is -1.83. The summed E-state index contributed by atoms with van der Waals surface area (Å²) in [4.78, 5) is 1.49. The molecule has 13 nitrogen and oxygen atoms in total. The molecule has 1 rings (SSSR count). The summed E-state index contributed by atoms with van der Waals surface area (Å²) < 4.78 is 5.76. The zero-order valence-electron chi connectivity index (χ0n) is 23.8. The van der Waals surface area contributed by atoms with Crippen LogP contribution in [0.4, 0.5) is 0 Å². The number of hydrogen-bond acceptors (Lipinski definition) is 12. The Morgan fingerprint density at radius 2 is 1.17 bits per heavy atom. The van der Waals surface area contributed by atoms with E-state index in [0.717, 1.165) is 47.7 Å². The maximum atomic E-state index is 10.4. The second-order valence-corrected chi connectivity index (χ2v) is 11.4. The summed E-state index contributed by atoms with van der Waals surface area (Å²) in [6, 6.07) is 7.65. The lowest BCUT2D eigenvalue weighted by atomic mass is 10.0. The van der Waals surface area contributed by atoms with Gasteiger partial charge in [-0.1, -0.05) is 25.0 Å². The Kier molecular flexibility index (Phi) is 22.0. The molecule has 0 fully saturated rings. The molecule has 0 saturated heterocycles. The van der Waals surface area contributed by atoms with Gasteiger partial charge in [0.25, 0.3) is 0 Å². The van der Waals surface area contributed by atoms with Crippen LogP contribution in [0.25, 0.3) is 0 Å². The van der Waals surface area contributed by atoms with E-state index in [1.807, 2.05) is 24.3 Å². The van der Waals surface area contributed by atoms with Crippen LogP contribution in [0.1, 0.15) is 38.2 Å². The molecule has 0 heterocycles. The van der Waals surface area contributed by atoms with E-state index in [-0.39, 0.29) is 32.0 Å². The van der Waals surface area contributed by atoms with Gasteiger partial charge >= 0.3 is 0 Å². The Morgan fingerprint density at radius 1 is 0.714 bits per heavy atom. The first kappa shape index (κ1) is 41.0. The summed E-state index contributed by atoms with van der Waals surface area (Å²) in [6.45, 7) is 0.217. The molecule has 0 bridgehead atoms. The van der Waals surface area contributed by atoms with Crippen molar-refractivity contribution in [2.45, 2.75) is 87.2 Å². The molecule has 248 valence electrons. The standard InChI is InChI=1S/C27H49NO12S.ClH/c1-17(31)41-16-18-6-8-19(9-7-18)40-11-5-3-2-4-10-28(12-20(32)24(36)26(38)22(34)14-29)13-21(33)25(37)27(39)23(35)15-30;/h6-9,20-27,29-39,41H,2-5,10-16H2,1H3;1H/t20-,21-,22+,23+,24+,25+,26+,27+;/m0./s1. The van der Waals surface area contributed by atoms with E-state index in [4.69, 9.17) is 14.9 Å². The van der Waals surface area contributed by atoms with Crippen LogP contribution >= 0.6 is 23.8 Å². The Balaban J connectivity index is 0.0000168. The average Bonchev–Trinajstić information content (AvgIpc) is 2.97. The van der Waals surface area contributed by atoms with Crippen LogP contribution in [0.15, 0.2) is 24.3 Å². The molecule has 0 aromatic heterocycles. The third-order valence-corrected chi connectivity index (χ3v) is 7.57. The normalized spacial score (nSPS) is 18.2. The topological polar surface area (TPSA) is 235 Å². The molecule has 11 N–H and O–H groups in total. The summed E-state index contributed by atoms with van der Waals surface area (Å²) in [5.74, 6) is 1.46. The summed E-state index contributed by atoms with van der Waals surface area (Å²) >= 11 is 0.858. The fourth-order valence-corrected chi connectivity index (χ4v) is 4.63. The molecule has 1 aromatic rings. The van der Waals surface area contributed by atoms with Crippen LogP contribution in [-0.2, 0) is 5.75 Å². The summed E-state index contributed by atoms with van der Waals surface area (Å²) in [6.07, 6.45) is -10.9. The van der Waals surface area contributed by atoms with Crippen molar-refractivity contribution < 1.29 is 60.9 Å². The number of aliphatic hydroxyl groups is 11. The monoisotopic (exact) mass is 647 g/mol. The van der Waals surface area contributed by atoms with Crippen molar-refractivity contribution in [1.82, 2.24) is 4.90 Å². The van der Waals surface area contributed by atoms with E-state index in [9.17, 15) is 46.0 Å². The lowest BCUT2D eigenvalue weighted by Crippen LogP contribution is -2.53. The Hall–Kier alpha value is -0.950. The van der Waals surface area contributed by atoms with E-state index in [0.29, 0.717) is 18.1 Å². The molecule has 0 spiro atoms. The molecular weight excluding hydrogens is 598 g/mol. The highest BCUT2D eigenvalue weighted by molar-refractivity contribution is 7.97. The largest absolute Gasteiger partial charge is 0.494 e. The first-order valence-corrected chi connectivity index (χ1v) is 14.8. The number of ether oxygens (including phenoxy) is 1. The molecule has 1 aromatic carbocycles. The highest BCUT2D eigenvalue weighted by Crippen LogP contribution is 2.16. The van der Waals surface area contributed by atoms with Crippen LogP contribution in [0.5, 0.6) is 5.75 Å². The van der Waals surface area contributed by atoms with Gasteiger partial charge in [0.2, 0.25) is 0 Å². The molecule has 0 aliphatic rings. The average molecular weight is 648 g/mol. The molecule has 0 radical (unpaired) electrons. The first-order valence-electron chi connectivity index (χ1n) is 13.7. The molecule has 0 unspecified atom stereocenters. The predicted octanol–water partition coefficient (Wildman–Crippen LogP) is -2.11. The third-order valence-electron chi connectivity index (χ3n) is 6.59. The summed E-state index contributed by atoms with van der Waals surface area (Å²) in [7, 11) is 0. The number of rotatable bonds is 22. The van der Waals surface area contributed by atoms with Crippen molar-refractivity contribution in [1.29, 1.82) is 0 Å². The van der Waals surface area contributed by atoms with Gasteiger partial charge in [-0.25, -0.2) is 0 Å². The van der Waals surface area contributed by atoms with Gasteiger partial charge in [0.1, 0.15) is 42.4 Å².